The lowest BCUT2D eigenvalue weighted by atomic mass is 10.1. The average molecular weight is 589 g/mol. The standard InChI is InChI=1S/C24H16BrF7N4O/c1-12-20(21(24(30,31)32)35-36(12)9-8-13-2-5-15(26)6-3-13)34-22(37)17-11-19(23(27,28)29)33-18-7-4-14(25)10-16(17)18/h2-7,10-11H,8-9H2,1H3,(H,34,37). The Morgan fingerprint density at radius 2 is 1.68 bits per heavy atom. The maximum Gasteiger partial charge on any atom is 0.437 e. The molecule has 37 heavy (non-hydrogen) atoms. The van der Waals surface area contributed by atoms with Crippen molar-refractivity contribution in [3.05, 3.63) is 87.0 Å². The fraction of sp³-hybridized carbons (Fsp3) is 0.208. The number of nitrogens with one attached hydrogen (secondary N) is 1. The first kappa shape index (κ1) is 26.6. The van der Waals surface area contributed by atoms with Gasteiger partial charge >= 0.3 is 12.4 Å². The number of nitrogens with zero attached hydrogens (tertiary/aromatic N) is 3. The molecule has 4 aromatic rings. The lowest BCUT2D eigenvalue weighted by Gasteiger charge is -2.13. The number of hydrogen-bond acceptors (Lipinski definition) is 3. The first-order chi connectivity index (χ1) is 17.2. The Morgan fingerprint density at radius 1 is 1.00 bits per heavy atom. The molecule has 5 nitrogen and oxygen atoms in total. The van der Waals surface area contributed by atoms with Crippen molar-refractivity contribution >= 4 is 38.4 Å². The van der Waals surface area contributed by atoms with E-state index in [0.29, 0.717) is 16.1 Å². The van der Waals surface area contributed by atoms with Crippen LogP contribution in [0.3, 0.4) is 0 Å². The van der Waals surface area contributed by atoms with E-state index in [1.54, 1.807) is 0 Å². The van der Waals surface area contributed by atoms with Crippen LogP contribution in [0.4, 0.5) is 36.4 Å². The molecule has 1 amide bonds. The summed E-state index contributed by atoms with van der Waals surface area (Å²) >= 11 is 3.17. The molecule has 2 heterocycles. The molecule has 13 heteroatoms. The summed E-state index contributed by atoms with van der Waals surface area (Å²) in [6, 6.07) is 9.90. The number of anilines is 1. The summed E-state index contributed by atoms with van der Waals surface area (Å²) in [4.78, 5) is 16.6. The van der Waals surface area contributed by atoms with Gasteiger partial charge in [-0.1, -0.05) is 28.1 Å². The minimum Gasteiger partial charge on any atom is -0.319 e. The second-order valence-electron chi connectivity index (χ2n) is 8.07. The SMILES string of the molecule is Cc1c(NC(=O)c2cc(C(F)(F)F)nc3ccc(Br)cc23)c(C(F)(F)F)nn1CCc1ccc(F)cc1. The van der Waals surface area contributed by atoms with Crippen LogP contribution in [-0.2, 0) is 25.3 Å². The van der Waals surface area contributed by atoms with Crippen molar-refractivity contribution in [2.24, 2.45) is 0 Å². The highest BCUT2D eigenvalue weighted by atomic mass is 79.9. The van der Waals surface area contributed by atoms with Crippen LogP contribution < -0.4 is 5.32 Å². The van der Waals surface area contributed by atoms with Crippen molar-refractivity contribution in [1.29, 1.82) is 0 Å². The lowest BCUT2D eigenvalue weighted by molar-refractivity contribution is -0.141. The quantitative estimate of drug-likeness (QED) is 0.251. The summed E-state index contributed by atoms with van der Waals surface area (Å²) in [5.41, 5.74) is -3.52. The van der Waals surface area contributed by atoms with E-state index in [2.05, 4.69) is 31.3 Å². The number of amides is 1. The van der Waals surface area contributed by atoms with Gasteiger partial charge in [0.2, 0.25) is 0 Å². The number of alkyl halides is 6. The maximum absolute atomic E-state index is 13.8. The van der Waals surface area contributed by atoms with Gasteiger partial charge in [-0.15, -0.1) is 0 Å². The molecule has 0 aliphatic heterocycles. The third-order valence-electron chi connectivity index (χ3n) is 5.54. The number of carbonyl (C=O) groups is 1. The van der Waals surface area contributed by atoms with Crippen molar-refractivity contribution in [3.8, 4) is 0 Å². The maximum atomic E-state index is 13.8. The molecule has 0 atom stereocenters. The molecule has 1 N–H and O–H groups in total. The summed E-state index contributed by atoms with van der Waals surface area (Å²) in [6.07, 6.45) is -9.64. The van der Waals surface area contributed by atoms with Crippen LogP contribution in [0, 0.1) is 12.7 Å². The molecule has 0 unspecified atom stereocenters. The first-order valence-corrected chi connectivity index (χ1v) is 11.4. The zero-order valence-electron chi connectivity index (χ0n) is 18.8. The predicted octanol–water partition coefficient (Wildman–Crippen LogP) is 7.17. The summed E-state index contributed by atoms with van der Waals surface area (Å²) < 4.78 is 96.2. The van der Waals surface area contributed by atoms with Gasteiger partial charge in [0.15, 0.2) is 5.69 Å². The Labute approximate surface area is 213 Å². The monoisotopic (exact) mass is 588 g/mol. The van der Waals surface area contributed by atoms with Crippen molar-refractivity contribution in [2.75, 3.05) is 5.32 Å². The minimum absolute atomic E-state index is 0.00906. The number of carbonyl (C=O) groups excluding carboxylic acids is 1. The molecule has 194 valence electrons. The second kappa shape index (κ2) is 9.77. The van der Waals surface area contributed by atoms with Crippen molar-refractivity contribution in [3.63, 3.8) is 0 Å². The highest BCUT2D eigenvalue weighted by molar-refractivity contribution is 9.10. The van der Waals surface area contributed by atoms with Crippen molar-refractivity contribution in [1.82, 2.24) is 14.8 Å². The van der Waals surface area contributed by atoms with E-state index in [1.165, 1.54) is 49.4 Å². The number of hydrogen-bond donors (Lipinski definition) is 1. The number of rotatable bonds is 5. The van der Waals surface area contributed by atoms with Gasteiger partial charge < -0.3 is 5.32 Å². The molecule has 4 rings (SSSR count). The predicted molar refractivity (Wildman–Crippen MR) is 124 cm³/mol. The third kappa shape index (κ3) is 5.76. The van der Waals surface area contributed by atoms with Gasteiger partial charge in [-0.05, 0) is 55.3 Å². The van der Waals surface area contributed by atoms with Gasteiger partial charge in [0.1, 0.15) is 11.5 Å². The average Bonchev–Trinajstić information content (AvgIpc) is 3.13. The van der Waals surface area contributed by atoms with Crippen LogP contribution in [-0.4, -0.2) is 20.7 Å². The smallest absolute Gasteiger partial charge is 0.319 e. The zero-order chi connectivity index (χ0) is 27.1. The largest absolute Gasteiger partial charge is 0.437 e. The van der Waals surface area contributed by atoms with Crippen LogP contribution in [0.15, 0.2) is 53.0 Å². The van der Waals surface area contributed by atoms with Gasteiger partial charge in [0.05, 0.1) is 22.5 Å². The fourth-order valence-corrected chi connectivity index (χ4v) is 4.07. The number of pyridine rings is 1. The van der Waals surface area contributed by atoms with E-state index in [1.807, 2.05) is 0 Å². The molecule has 0 aliphatic carbocycles. The van der Waals surface area contributed by atoms with E-state index >= 15 is 0 Å². The van der Waals surface area contributed by atoms with Crippen LogP contribution >= 0.6 is 15.9 Å². The normalized spacial score (nSPS) is 12.2. The van der Waals surface area contributed by atoms with Crippen LogP contribution in [0.2, 0.25) is 0 Å². The van der Waals surface area contributed by atoms with E-state index in [4.69, 9.17) is 0 Å². The van der Waals surface area contributed by atoms with E-state index in [0.717, 1.165) is 4.68 Å². The third-order valence-corrected chi connectivity index (χ3v) is 6.04. The zero-order valence-corrected chi connectivity index (χ0v) is 20.4. The van der Waals surface area contributed by atoms with Gasteiger partial charge in [-0.2, -0.15) is 31.4 Å². The first-order valence-electron chi connectivity index (χ1n) is 10.6. The Morgan fingerprint density at radius 3 is 2.30 bits per heavy atom. The molecule has 0 fully saturated rings. The Kier molecular flexibility index (Phi) is 7.01. The molecule has 0 saturated heterocycles. The molecule has 0 radical (unpaired) electrons. The number of aromatic nitrogens is 3. The Hall–Kier alpha value is -3.48. The molecular weight excluding hydrogens is 573 g/mol. The van der Waals surface area contributed by atoms with Gasteiger partial charge in [-0.25, -0.2) is 9.37 Å². The highest BCUT2D eigenvalue weighted by Crippen LogP contribution is 2.37. The molecule has 0 spiro atoms. The fourth-order valence-electron chi connectivity index (χ4n) is 3.71. The Bertz CT molecular complexity index is 1480. The molecule has 2 aromatic heterocycles. The van der Waals surface area contributed by atoms with Gasteiger partial charge in [0.25, 0.3) is 5.91 Å². The van der Waals surface area contributed by atoms with Gasteiger partial charge in [-0.3, -0.25) is 9.48 Å². The van der Waals surface area contributed by atoms with Gasteiger partial charge in [0, 0.05) is 16.4 Å². The van der Waals surface area contributed by atoms with Crippen molar-refractivity contribution < 1.29 is 35.5 Å². The molecule has 0 aliphatic rings. The molecule has 0 saturated carbocycles. The molecule has 0 bridgehead atoms. The summed E-state index contributed by atoms with van der Waals surface area (Å²) in [5, 5.41) is 5.72. The summed E-state index contributed by atoms with van der Waals surface area (Å²) in [5.74, 6) is -1.66. The number of aryl methyl sites for hydroxylation is 2. The van der Waals surface area contributed by atoms with Crippen LogP contribution in [0.5, 0.6) is 0 Å². The van der Waals surface area contributed by atoms with E-state index in [9.17, 15) is 35.5 Å². The summed E-state index contributed by atoms with van der Waals surface area (Å²) in [7, 11) is 0. The number of benzene rings is 2. The topological polar surface area (TPSA) is 59.8 Å². The van der Waals surface area contributed by atoms with Crippen molar-refractivity contribution in [2.45, 2.75) is 32.2 Å². The van der Waals surface area contributed by atoms with E-state index in [-0.39, 0.29) is 29.6 Å². The number of fused-ring (bicyclic) bond motifs is 1. The second-order valence-corrected chi connectivity index (χ2v) is 8.99. The molecule has 2 aromatic carbocycles. The number of halogens is 8. The Balaban J connectivity index is 1.73. The minimum atomic E-state index is -4.96. The lowest BCUT2D eigenvalue weighted by Crippen LogP contribution is -2.18. The molecular formula is C24H16BrF7N4O. The summed E-state index contributed by atoms with van der Waals surface area (Å²) in [6.45, 7) is 1.27. The van der Waals surface area contributed by atoms with E-state index < -0.39 is 46.7 Å². The van der Waals surface area contributed by atoms with Crippen LogP contribution in [0.25, 0.3) is 10.9 Å². The highest BCUT2D eigenvalue weighted by Gasteiger charge is 2.40. The van der Waals surface area contributed by atoms with Crippen LogP contribution in [0.1, 0.15) is 33.0 Å².